The van der Waals surface area contributed by atoms with E-state index < -0.39 is 21.7 Å². The Morgan fingerprint density at radius 2 is 1.76 bits per heavy atom. The molecule has 6 heterocycles. The van der Waals surface area contributed by atoms with Crippen LogP contribution in [0, 0.1) is 11.6 Å². The lowest BCUT2D eigenvalue weighted by atomic mass is 10.0. The van der Waals surface area contributed by atoms with Crippen molar-refractivity contribution in [3.63, 3.8) is 0 Å². The third-order valence-electron chi connectivity index (χ3n) is 7.90. The highest BCUT2D eigenvalue weighted by Gasteiger charge is 2.22. The van der Waals surface area contributed by atoms with Crippen molar-refractivity contribution < 1.29 is 17.2 Å². The molecule has 0 aliphatic carbocycles. The quantitative estimate of drug-likeness (QED) is 0.215. The number of halogens is 2. The van der Waals surface area contributed by atoms with Gasteiger partial charge < -0.3 is 4.98 Å². The van der Waals surface area contributed by atoms with Crippen LogP contribution < -0.4 is 4.72 Å². The van der Waals surface area contributed by atoms with Crippen molar-refractivity contribution in [2.75, 3.05) is 19.3 Å². The molecule has 11 nitrogen and oxygen atoms in total. The minimum Gasteiger partial charge on any atom is -0.321 e. The molecule has 7 rings (SSSR count). The molecule has 1 aromatic carbocycles. The number of aromatic nitrogens is 7. The van der Waals surface area contributed by atoms with E-state index in [1.807, 2.05) is 12.3 Å². The first-order chi connectivity index (χ1) is 21.7. The average Bonchev–Trinajstić information content (AvgIpc) is 3.65. The fourth-order valence-corrected chi connectivity index (χ4v) is 6.23. The van der Waals surface area contributed by atoms with Gasteiger partial charge in [0, 0.05) is 54.6 Å². The molecule has 0 unspecified atom stereocenters. The first-order valence-corrected chi connectivity index (χ1v) is 16.4. The van der Waals surface area contributed by atoms with Crippen LogP contribution in [0.25, 0.3) is 56.0 Å². The molecule has 0 radical (unpaired) electrons. The lowest BCUT2D eigenvalue weighted by Gasteiger charge is -2.26. The van der Waals surface area contributed by atoms with Crippen LogP contribution in [0.1, 0.15) is 30.4 Å². The van der Waals surface area contributed by atoms with Crippen LogP contribution in [0.4, 0.5) is 8.78 Å². The summed E-state index contributed by atoms with van der Waals surface area (Å²) in [6, 6.07) is 7.90. The smallest absolute Gasteiger partial charge is 0.209 e. The Labute approximate surface area is 257 Å². The molecule has 0 atom stereocenters. The number of likely N-dealkylation sites (tertiary alicyclic amines) is 1. The summed E-state index contributed by atoms with van der Waals surface area (Å²) >= 11 is 0. The molecule has 6 aromatic rings. The second-order valence-electron chi connectivity index (χ2n) is 11.3. The molecule has 230 valence electrons. The number of hydrogen-bond donors (Lipinski definition) is 3. The molecular weight excluding hydrogens is 600 g/mol. The zero-order valence-corrected chi connectivity index (χ0v) is 25.1. The van der Waals surface area contributed by atoms with Gasteiger partial charge in [0.2, 0.25) is 10.0 Å². The fraction of sp³-hybridized carbons (Fsp3) is 0.258. The number of hydrogen-bond acceptors (Lipinski definition) is 8. The zero-order chi connectivity index (χ0) is 31.1. The maximum absolute atomic E-state index is 16.3. The van der Waals surface area contributed by atoms with E-state index in [-0.39, 0.29) is 29.1 Å². The molecular formula is C31H29F2N9O2S. The predicted molar refractivity (Wildman–Crippen MR) is 166 cm³/mol. The van der Waals surface area contributed by atoms with E-state index >= 15 is 4.39 Å². The SMILES string of the molecule is CS(=O)(=O)NCc1cc(F)cc(-c2ccnc3[nH]c(-c4n[nH]c5ncc(-c6cncc(CN7CCCCC7)c6)c(F)c45)nc23)c1. The second-order valence-corrected chi connectivity index (χ2v) is 13.1. The van der Waals surface area contributed by atoms with Crippen LogP contribution in [0.15, 0.2) is 55.1 Å². The molecule has 45 heavy (non-hydrogen) atoms. The molecule has 0 saturated carbocycles. The summed E-state index contributed by atoms with van der Waals surface area (Å²) in [4.78, 5) is 23.4. The van der Waals surface area contributed by atoms with E-state index in [2.05, 4.69) is 39.8 Å². The van der Waals surface area contributed by atoms with Crippen molar-refractivity contribution in [2.24, 2.45) is 0 Å². The molecule has 1 saturated heterocycles. The number of fused-ring (bicyclic) bond motifs is 2. The minimum atomic E-state index is -3.47. The molecule has 5 aromatic heterocycles. The Balaban J connectivity index is 1.26. The van der Waals surface area contributed by atoms with Gasteiger partial charge in [-0.15, -0.1) is 0 Å². The molecule has 1 aliphatic rings. The van der Waals surface area contributed by atoms with Gasteiger partial charge in [0.25, 0.3) is 0 Å². The van der Waals surface area contributed by atoms with Crippen molar-refractivity contribution >= 4 is 32.2 Å². The zero-order valence-electron chi connectivity index (χ0n) is 24.3. The summed E-state index contributed by atoms with van der Waals surface area (Å²) < 4.78 is 56.4. The normalized spacial score (nSPS) is 14.5. The number of rotatable bonds is 8. The predicted octanol–water partition coefficient (Wildman–Crippen LogP) is 4.94. The number of benzene rings is 1. The van der Waals surface area contributed by atoms with Gasteiger partial charge in [-0.1, -0.05) is 6.42 Å². The largest absolute Gasteiger partial charge is 0.321 e. The fourth-order valence-electron chi connectivity index (χ4n) is 5.80. The number of aromatic amines is 2. The van der Waals surface area contributed by atoms with Crippen molar-refractivity contribution in [3.05, 3.63) is 77.9 Å². The second kappa shape index (κ2) is 11.7. The van der Waals surface area contributed by atoms with Gasteiger partial charge in [0.15, 0.2) is 17.1 Å². The highest BCUT2D eigenvalue weighted by molar-refractivity contribution is 7.88. The molecule has 0 amide bonds. The Morgan fingerprint density at radius 3 is 2.58 bits per heavy atom. The number of piperidine rings is 1. The third-order valence-corrected chi connectivity index (χ3v) is 8.57. The summed E-state index contributed by atoms with van der Waals surface area (Å²) in [6.07, 6.45) is 11.1. The van der Waals surface area contributed by atoms with Crippen LogP contribution in [-0.2, 0) is 23.1 Å². The monoisotopic (exact) mass is 629 g/mol. The molecule has 0 bridgehead atoms. The van der Waals surface area contributed by atoms with Crippen LogP contribution in [-0.4, -0.2) is 67.8 Å². The third kappa shape index (κ3) is 6.03. The van der Waals surface area contributed by atoms with E-state index in [1.165, 1.54) is 37.6 Å². The van der Waals surface area contributed by atoms with Gasteiger partial charge >= 0.3 is 0 Å². The lowest BCUT2D eigenvalue weighted by molar-refractivity contribution is 0.220. The standard InChI is InChI=1S/C31H29F2N9O2S/c1-45(43,44)37-14-18-9-20(12-22(32)11-18)23-5-6-35-30-27(23)38-31(39-30)28-25-26(33)24(16-36-29(25)41-40-28)21-10-19(13-34-15-21)17-42-7-3-2-4-8-42/h5-6,9-13,15-16,37H,2-4,7-8,14,17H2,1H3,(H,35,38,39)(H,36,40,41). The van der Waals surface area contributed by atoms with Gasteiger partial charge in [-0.2, -0.15) is 5.10 Å². The maximum Gasteiger partial charge on any atom is 0.209 e. The highest BCUT2D eigenvalue weighted by atomic mass is 32.2. The molecule has 1 aliphatic heterocycles. The van der Waals surface area contributed by atoms with Crippen LogP contribution in [0.3, 0.4) is 0 Å². The Bertz CT molecular complexity index is 2160. The summed E-state index contributed by atoms with van der Waals surface area (Å²) in [6.45, 7) is 2.76. The Morgan fingerprint density at radius 1 is 0.933 bits per heavy atom. The van der Waals surface area contributed by atoms with Gasteiger partial charge in [0.1, 0.15) is 22.8 Å². The van der Waals surface area contributed by atoms with E-state index in [4.69, 9.17) is 4.98 Å². The lowest BCUT2D eigenvalue weighted by Crippen LogP contribution is -2.29. The Hall–Kier alpha value is -4.66. The van der Waals surface area contributed by atoms with Gasteiger partial charge in [-0.05, 0) is 73.0 Å². The number of sulfonamides is 1. The van der Waals surface area contributed by atoms with Crippen molar-refractivity contribution in [2.45, 2.75) is 32.4 Å². The summed E-state index contributed by atoms with van der Waals surface area (Å²) in [7, 11) is -3.47. The molecule has 0 spiro atoms. The van der Waals surface area contributed by atoms with Crippen LogP contribution >= 0.6 is 0 Å². The highest BCUT2D eigenvalue weighted by Crippen LogP contribution is 2.34. The first kappa shape index (κ1) is 29.1. The van der Waals surface area contributed by atoms with E-state index in [1.54, 1.807) is 24.5 Å². The maximum atomic E-state index is 16.3. The van der Waals surface area contributed by atoms with Gasteiger partial charge in [0.05, 0.1) is 11.6 Å². The summed E-state index contributed by atoms with van der Waals surface area (Å²) in [5.74, 6) is -0.796. The number of H-pyrrole nitrogens is 2. The van der Waals surface area contributed by atoms with Gasteiger partial charge in [-0.3, -0.25) is 15.0 Å². The van der Waals surface area contributed by atoms with E-state index in [9.17, 15) is 12.8 Å². The topological polar surface area (TPSA) is 145 Å². The van der Waals surface area contributed by atoms with Crippen molar-refractivity contribution in [3.8, 4) is 33.8 Å². The summed E-state index contributed by atoms with van der Waals surface area (Å²) in [5.41, 5.74) is 4.65. The minimum absolute atomic E-state index is 0.0752. The van der Waals surface area contributed by atoms with E-state index in [0.29, 0.717) is 39.0 Å². The van der Waals surface area contributed by atoms with Crippen molar-refractivity contribution in [1.29, 1.82) is 0 Å². The van der Waals surface area contributed by atoms with Crippen LogP contribution in [0.5, 0.6) is 0 Å². The molecule has 3 N–H and O–H groups in total. The van der Waals surface area contributed by atoms with Gasteiger partial charge in [-0.25, -0.2) is 36.9 Å². The molecule has 1 fully saturated rings. The number of imidazole rings is 1. The summed E-state index contributed by atoms with van der Waals surface area (Å²) in [5, 5.41) is 7.29. The molecule has 14 heteroatoms. The average molecular weight is 630 g/mol. The van der Waals surface area contributed by atoms with E-state index in [0.717, 1.165) is 31.5 Å². The Kier molecular flexibility index (Phi) is 7.55. The number of pyridine rings is 3. The van der Waals surface area contributed by atoms with Crippen LogP contribution in [0.2, 0.25) is 0 Å². The first-order valence-electron chi connectivity index (χ1n) is 14.5. The van der Waals surface area contributed by atoms with Crippen molar-refractivity contribution in [1.82, 2.24) is 44.7 Å². The number of nitrogens with zero attached hydrogens (tertiary/aromatic N) is 6. The number of nitrogens with one attached hydrogen (secondary N) is 3.